The van der Waals surface area contributed by atoms with E-state index in [0.29, 0.717) is 28.9 Å². The van der Waals surface area contributed by atoms with Crippen molar-refractivity contribution in [2.45, 2.75) is 31.3 Å². The van der Waals surface area contributed by atoms with Crippen molar-refractivity contribution in [3.05, 3.63) is 71.5 Å². The van der Waals surface area contributed by atoms with Crippen molar-refractivity contribution in [1.29, 1.82) is 0 Å². The van der Waals surface area contributed by atoms with Gasteiger partial charge in [0.1, 0.15) is 11.5 Å². The van der Waals surface area contributed by atoms with Crippen LogP contribution in [0, 0.1) is 0 Å². The van der Waals surface area contributed by atoms with Crippen LogP contribution in [0.2, 0.25) is 5.02 Å². The first-order valence-electron chi connectivity index (χ1n) is 10.3. The number of nitrogens with zero attached hydrogens (tertiary/aromatic N) is 3. The zero-order valence-corrected chi connectivity index (χ0v) is 19.9. The van der Waals surface area contributed by atoms with Gasteiger partial charge in [0.05, 0.1) is 18.0 Å². The van der Waals surface area contributed by atoms with Crippen molar-refractivity contribution in [3.63, 3.8) is 0 Å². The van der Waals surface area contributed by atoms with E-state index in [0.717, 1.165) is 10.8 Å². The van der Waals surface area contributed by atoms with Gasteiger partial charge in [-0.1, -0.05) is 34.9 Å². The van der Waals surface area contributed by atoms with Gasteiger partial charge in [0.2, 0.25) is 10.0 Å². The molecule has 0 aliphatic carbocycles. The number of nitrogens with one attached hydrogen (secondary N) is 1. The lowest BCUT2D eigenvalue weighted by Gasteiger charge is -2.16. The number of hydrogen-bond acceptors (Lipinski definition) is 6. The maximum Gasteiger partial charge on any atom is 0.322 e. The van der Waals surface area contributed by atoms with E-state index >= 15 is 0 Å². The Hall–Kier alpha value is -3.14. The van der Waals surface area contributed by atoms with Crippen molar-refractivity contribution in [1.82, 2.24) is 19.5 Å². The van der Waals surface area contributed by atoms with Crippen LogP contribution in [0.25, 0.3) is 10.8 Å². The standard InChI is InChI=1S/C23H23ClN4O4S/c1-4-28-22(25-26-23(28)32-18-10-8-17(31-3)9-11-18)15(2)27-33(29,30)19-12-13-20-16(14-19)6-5-7-21(20)24/h5-15,27H,4H2,1-3H3/t15-/m1/s1. The predicted octanol–water partition coefficient (Wildman–Crippen LogP) is 4.95. The number of methoxy groups -OCH3 is 1. The normalized spacial score (nSPS) is 12.6. The molecule has 0 bridgehead atoms. The molecule has 172 valence electrons. The molecule has 0 aliphatic rings. The molecule has 0 aliphatic heterocycles. The first-order chi connectivity index (χ1) is 15.8. The van der Waals surface area contributed by atoms with Gasteiger partial charge in [-0.25, -0.2) is 13.1 Å². The first kappa shape index (κ1) is 23.0. The summed E-state index contributed by atoms with van der Waals surface area (Å²) in [7, 11) is -2.23. The molecule has 1 aromatic heterocycles. The zero-order chi connectivity index (χ0) is 23.6. The lowest BCUT2D eigenvalue weighted by molar-refractivity contribution is 0.400. The second kappa shape index (κ2) is 9.38. The Morgan fingerprint density at radius 1 is 1.06 bits per heavy atom. The van der Waals surface area contributed by atoms with E-state index in [-0.39, 0.29) is 10.9 Å². The number of hydrogen-bond donors (Lipinski definition) is 1. The summed E-state index contributed by atoms with van der Waals surface area (Å²) in [6.45, 7) is 4.11. The molecule has 8 nitrogen and oxygen atoms in total. The minimum Gasteiger partial charge on any atom is -0.497 e. The third-order valence-electron chi connectivity index (χ3n) is 5.16. The lowest BCUT2D eigenvalue weighted by atomic mass is 10.1. The van der Waals surface area contributed by atoms with Crippen molar-refractivity contribution in [2.24, 2.45) is 0 Å². The molecule has 0 saturated heterocycles. The van der Waals surface area contributed by atoms with E-state index in [9.17, 15) is 8.42 Å². The Bertz CT molecular complexity index is 1390. The lowest BCUT2D eigenvalue weighted by Crippen LogP contribution is -2.29. The minimum absolute atomic E-state index is 0.140. The summed E-state index contributed by atoms with van der Waals surface area (Å²) in [6.07, 6.45) is 0. The molecule has 0 radical (unpaired) electrons. The fourth-order valence-electron chi connectivity index (χ4n) is 3.49. The predicted molar refractivity (Wildman–Crippen MR) is 126 cm³/mol. The second-order valence-corrected chi connectivity index (χ2v) is 9.45. The van der Waals surface area contributed by atoms with Crippen LogP contribution >= 0.6 is 11.6 Å². The number of halogens is 1. The highest BCUT2D eigenvalue weighted by molar-refractivity contribution is 7.89. The maximum atomic E-state index is 13.1. The monoisotopic (exact) mass is 486 g/mol. The van der Waals surface area contributed by atoms with E-state index in [4.69, 9.17) is 21.1 Å². The molecule has 4 rings (SSSR count). The van der Waals surface area contributed by atoms with Gasteiger partial charge in [-0.3, -0.25) is 4.57 Å². The smallest absolute Gasteiger partial charge is 0.322 e. The quantitative estimate of drug-likeness (QED) is 0.379. The van der Waals surface area contributed by atoms with Crippen LogP contribution in [0.5, 0.6) is 17.5 Å². The largest absolute Gasteiger partial charge is 0.497 e. The SMILES string of the molecule is CCn1c(Oc2ccc(OC)cc2)nnc1[C@@H](C)NS(=O)(=O)c1ccc2c(Cl)cccc2c1. The van der Waals surface area contributed by atoms with Crippen LogP contribution in [0.15, 0.2) is 65.6 Å². The van der Waals surface area contributed by atoms with Gasteiger partial charge < -0.3 is 9.47 Å². The summed E-state index contributed by atoms with van der Waals surface area (Å²) in [5, 5.41) is 10.4. The summed E-state index contributed by atoms with van der Waals surface area (Å²) in [5.74, 6) is 1.71. The highest BCUT2D eigenvalue weighted by atomic mass is 35.5. The van der Waals surface area contributed by atoms with Gasteiger partial charge >= 0.3 is 6.01 Å². The van der Waals surface area contributed by atoms with E-state index in [1.54, 1.807) is 67.1 Å². The molecule has 4 aromatic rings. The van der Waals surface area contributed by atoms with Crippen LogP contribution in [0.1, 0.15) is 25.7 Å². The number of sulfonamides is 1. The molecule has 0 spiro atoms. The molecule has 3 aromatic carbocycles. The molecule has 10 heteroatoms. The van der Waals surface area contributed by atoms with Gasteiger partial charge in [-0.15, -0.1) is 5.10 Å². The Morgan fingerprint density at radius 2 is 1.79 bits per heavy atom. The Kier molecular flexibility index (Phi) is 6.55. The van der Waals surface area contributed by atoms with E-state index in [1.165, 1.54) is 6.07 Å². The van der Waals surface area contributed by atoms with E-state index in [2.05, 4.69) is 14.9 Å². The number of benzene rings is 3. The van der Waals surface area contributed by atoms with Crippen LogP contribution < -0.4 is 14.2 Å². The van der Waals surface area contributed by atoms with Crippen LogP contribution in [-0.4, -0.2) is 30.3 Å². The Morgan fingerprint density at radius 3 is 2.48 bits per heavy atom. The van der Waals surface area contributed by atoms with E-state index < -0.39 is 16.1 Å². The Balaban J connectivity index is 1.57. The summed E-state index contributed by atoms with van der Waals surface area (Å²) < 4.78 is 41.5. The summed E-state index contributed by atoms with van der Waals surface area (Å²) in [6, 6.07) is 16.9. The fourth-order valence-corrected chi connectivity index (χ4v) is 4.97. The highest BCUT2D eigenvalue weighted by Crippen LogP contribution is 2.28. The van der Waals surface area contributed by atoms with Crippen molar-refractivity contribution >= 4 is 32.4 Å². The van der Waals surface area contributed by atoms with Gasteiger partial charge in [0.15, 0.2) is 5.82 Å². The maximum absolute atomic E-state index is 13.1. The average Bonchev–Trinajstić information content (AvgIpc) is 3.22. The molecule has 1 N–H and O–H groups in total. The highest BCUT2D eigenvalue weighted by Gasteiger charge is 2.24. The zero-order valence-electron chi connectivity index (χ0n) is 18.3. The van der Waals surface area contributed by atoms with Crippen molar-refractivity contribution < 1.29 is 17.9 Å². The molecule has 0 unspecified atom stereocenters. The van der Waals surface area contributed by atoms with Gasteiger partial charge in [0, 0.05) is 17.0 Å². The van der Waals surface area contributed by atoms with Gasteiger partial charge in [0.25, 0.3) is 0 Å². The van der Waals surface area contributed by atoms with E-state index in [1.807, 2.05) is 13.0 Å². The third kappa shape index (κ3) is 4.80. The number of ether oxygens (including phenoxy) is 2. The average molecular weight is 487 g/mol. The molecule has 0 saturated carbocycles. The molecule has 33 heavy (non-hydrogen) atoms. The first-order valence-corrected chi connectivity index (χ1v) is 12.1. The molecule has 0 fully saturated rings. The molecule has 1 heterocycles. The Labute approximate surface area is 197 Å². The number of aromatic nitrogens is 3. The molecule has 1 atom stereocenters. The molecular formula is C23H23ClN4O4S. The summed E-state index contributed by atoms with van der Waals surface area (Å²) >= 11 is 6.20. The number of fused-ring (bicyclic) bond motifs is 1. The van der Waals surface area contributed by atoms with Crippen LogP contribution in [-0.2, 0) is 16.6 Å². The fraction of sp³-hybridized carbons (Fsp3) is 0.217. The minimum atomic E-state index is -3.82. The van der Waals surface area contributed by atoms with Crippen molar-refractivity contribution in [2.75, 3.05) is 7.11 Å². The van der Waals surface area contributed by atoms with Gasteiger partial charge in [-0.2, -0.15) is 0 Å². The number of rotatable bonds is 8. The second-order valence-electron chi connectivity index (χ2n) is 7.33. The third-order valence-corrected chi connectivity index (χ3v) is 7.03. The molecule has 0 amide bonds. The van der Waals surface area contributed by atoms with Crippen LogP contribution in [0.4, 0.5) is 0 Å². The van der Waals surface area contributed by atoms with Crippen LogP contribution in [0.3, 0.4) is 0 Å². The molecular weight excluding hydrogens is 464 g/mol. The topological polar surface area (TPSA) is 95.3 Å². The van der Waals surface area contributed by atoms with Crippen molar-refractivity contribution in [3.8, 4) is 17.5 Å². The van der Waals surface area contributed by atoms with Gasteiger partial charge in [-0.05, 0) is 61.7 Å². The summed E-state index contributed by atoms with van der Waals surface area (Å²) in [5.41, 5.74) is 0. The summed E-state index contributed by atoms with van der Waals surface area (Å²) in [4.78, 5) is 0.140.